The largest absolute Gasteiger partial charge is 0.504 e. The molecule has 15 heavy (non-hydrogen) atoms. The van der Waals surface area contributed by atoms with Gasteiger partial charge in [0.25, 0.3) is 0 Å². The van der Waals surface area contributed by atoms with Crippen LogP contribution in [0.15, 0.2) is 0 Å². The van der Waals surface area contributed by atoms with Crippen LogP contribution in [0.1, 0.15) is 43.5 Å². The summed E-state index contributed by atoms with van der Waals surface area (Å²) in [6.45, 7) is 4.78. The van der Waals surface area contributed by atoms with E-state index in [1.165, 1.54) is 32.1 Å². The average molecular weight is 208 g/mol. The van der Waals surface area contributed by atoms with Crippen LogP contribution in [0.4, 0.5) is 0 Å². The normalized spacial score (nSPS) is 18.3. The molecule has 0 spiro atoms. The number of rotatable bonds is 2. The van der Waals surface area contributed by atoms with Crippen LogP contribution in [0, 0.1) is 19.8 Å². The molecule has 1 saturated carbocycles. The summed E-state index contributed by atoms with van der Waals surface area (Å²) in [6.07, 6.45) is 6.74. The number of aryl methyl sites for hydroxylation is 1. The first-order valence-electron chi connectivity index (χ1n) is 5.91. The lowest BCUT2D eigenvalue weighted by Crippen LogP contribution is -2.15. The van der Waals surface area contributed by atoms with E-state index >= 15 is 0 Å². The maximum atomic E-state index is 9.67. The number of hydrogen-bond acceptors (Lipinski definition) is 2. The highest BCUT2D eigenvalue weighted by atomic mass is 16.3. The summed E-state index contributed by atoms with van der Waals surface area (Å²) in [5, 5.41) is 14.0. The van der Waals surface area contributed by atoms with Crippen molar-refractivity contribution in [2.75, 3.05) is 0 Å². The molecule has 0 aromatic carbocycles. The lowest BCUT2D eigenvalue weighted by atomic mass is 9.89. The smallest absolute Gasteiger partial charge is 0.159 e. The SMILES string of the molecule is Cc1nn(CC2CCCCC2)c(C)c1O. The molecular weight excluding hydrogens is 188 g/mol. The molecular formula is C12H20N2O. The molecule has 84 valence electrons. The molecule has 2 rings (SSSR count). The van der Waals surface area contributed by atoms with Crippen molar-refractivity contribution >= 4 is 0 Å². The van der Waals surface area contributed by atoms with E-state index in [0.29, 0.717) is 5.75 Å². The zero-order valence-electron chi connectivity index (χ0n) is 9.66. The molecule has 3 nitrogen and oxygen atoms in total. The minimum Gasteiger partial charge on any atom is -0.504 e. The third-order valence-corrected chi connectivity index (χ3v) is 3.50. The van der Waals surface area contributed by atoms with Crippen LogP contribution in [0.2, 0.25) is 0 Å². The highest BCUT2D eigenvalue weighted by Crippen LogP contribution is 2.27. The van der Waals surface area contributed by atoms with E-state index in [1.807, 2.05) is 18.5 Å². The molecule has 1 aliphatic carbocycles. The summed E-state index contributed by atoms with van der Waals surface area (Å²) in [4.78, 5) is 0. The fraction of sp³-hybridized carbons (Fsp3) is 0.750. The van der Waals surface area contributed by atoms with Gasteiger partial charge in [0.05, 0.1) is 5.69 Å². The molecule has 0 saturated heterocycles. The van der Waals surface area contributed by atoms with Crippen LogP contribution in [0.5, 0.6) is 5.75 Å². The first-order chi connectivity index (χ1) is 7.18. The van der Waals surface area contributed by atoms with Crippen molar-refractivity contribution in [1.82, 2.24) is 9.78 Å². The van der Waals surface area contributed by atoms with E-state index < -0.39 is 0 Å². The van der Waals surface area contributed by atoms with Crippen molar-refractivity contribution in [3.8, 4) is 5.75 Å². The van der Waals surface area contributed by atoms with Crippen molar-refractivity contribution in [2.24, 2.45) is 5.92 Å². The summed E-state index contributed by atoms with van der Waals surface area (Å²) in [5.74, 6) is 1.13. The molecule has 1 aromatic heterocycles. The highest BCUT2D eigenvalue weighted by molar-refractivity contribution is 5.29. The van der Waals surface area contributed by atoms with Crippen molar-refractivity contribution in [2.45, 2.75) is 52.5 Å². The molecule has 0 aliphatic heterocycles. The molecule has 0 atom stereocenters. The molecule has 3 heteroatoms. The number of nitrogens with zero attached hydrogens (tertiary/aromatic N) is 2. The Morgan fingerprint density at radius 2 is 1.93 bits per heavy atom. The number of aromatic nitrogens is 2. The van der Waals surface area contributed by atoms with Gasteiger partial charge in [-0.25, -0.2) is 0 Å². The zero-order valence-corrected chi connectivity index (χ0v) is 9.66. The zero-order chi connectivity index (χ0) is 10.8. The second kappa shape index (κ2) is 4.25. The van der Waals surface area contributed by atoms with E-state index in [-0.39, 0.29) is 0 Å². The molecule has 1 aromatic rings. The minimum absolute atomic E-state index is 0.366. The van der Waals surface area contributed by atoms with E-state index in [0.717, 1.165) is 23.9 Å². The average Bonchev–Trinajstić information content (AvgIpc) is 2.48. The summed E-state index contributed by atoms with van der Waals surface area (Å²) >= 11 is 0. The van der Waals surface area contributed by atoms with Gasteiger partial charge in [-0.1, -0.05) is 19.3 Å². The quantitative estimate of drug-likeness (QED) is 0.811. The lowest BCUT2D eigenvalue weighted by Gasteiger charge is -2.21. The molecule has 0 radical (unpaired) electrons. The molecule has 1 fully saturated rings. The van der Waals surface area contributed by atoms with Gasteiger partial charge >= 0.3 is 0 Å². The Hall–Kier alpha value is -0.990. The van der Waals surface area contributed by atoms with Crippen LogP contribution in [-0.2, 0) is 6.54 Å². The fourth-order valence-electron chi connectivity index (χ4n) is 2.48. The Balaban J connectivity index is 2.06. The molecule has 1 heterocycles. The van der Waals surface area contributed by atoms with Crippen LogP contribution < -0.4 is 0 Å². The van der Waals surface area contributed by atoms with Gasteiger partial charge in [-0.2, -0.15) is 5.10 Å². The molecule has 0 unspecified atom stereocenters. The van der Waals surface area contributed by atoms with Crippen molar-refractivity contribution in [3.05, 3.63) is 11.4 Å². The van der Waals surface area contributed by atoms with Crippen LogP contribution in [0.25, 0.3) is 0 Å². The van der Waals surface area contributed by atoms with Crippen molar-refractivity contribution in [3.63, 3.8) is 0 Å². The third kappa shape index (κ3) is 2.16. The van der Waals surface area contributed by atoms with Gasteiger partial charge < -0.3 is 5.11 Å². The molecule has 0 bridgehead atoms. The van der Waals surface area contributed by atoms with Gasteiger partial charge in [0, 0.05) is 6.54 Å². The summed E-state index contributed by atoms with van der Waals surface area (Å²) in [7, 11) is 0. The van der Waals surface area contributed by atoms with Gasteiger partial charge in [-0.15, -0.1) is 0 Å². The van der Waals surface area contributed by atoms with Crippen LogP contribution >= 0.6 is 0 Å². The predicted octanol–water partition coefficient (Wildman–Crippen LogP) is 2.79. The van der Waals surface area contributed by atoms with E-state index in [9.17, 15) is 5.11 Å². The number of hydrogen-bond donors (Lipinski definition) is 1. The first kappa shape index (κ1) is 10.5. The van der Waals surface area contributed by atoms with Gasteiger partial charge in [0.1, 0.15) is 5.69 Å². The highest BCUT2D eigenvalue weighted by Gasteiger charge is 2.17. The van der Waals surface area contributed by atoms with Gasteiger partial charge in [-0.3, -0.25) is 4.68 Å². The van der Waals surface area contributed by atoms with E-state index in [2.05, 4.69) is 5.10 Å². The maximum absolute atomic E-state index is 9.67. The summed E-state index contributed by atoms with van der Waals surface area (Å²) in [6, 6.07) is 0. The monoisotopic (exact) mass is 208 g/mol. The predicted molar refractivity (Wildman–Crippen MR) is 59.9 cm³/mol. The van der Waals surface area contributed by atoms with E-state index in [1.54, 1.807) is 0 Å². The summed E-state index contributed by atoms with van der Waals surface area (Å²) < 4.78 is 1.97. The Kier molecular flexibility index (Phi) is 2.98. The van der Waals surface area contributed by atoms with Crippen LogP contribution in [-0.4, -0.2) is 14.9 Å². The fourth-order valence-corrected chi connectivity index (χ4v) is 2.48. The minimum atomic E-state index is 0.366. The molecule has 1 aliphatic rings. The van der Waals surface area contributed by atoms with Gasteiger partial charge in [0.15, 0.2) is 5.75 Å². The Morgan fingerprint density at radius 1 is 1.27 bits per heavy atom. The van der Waals surface area contributed by atoms with Crippen molar-refractivity contribution in [1.29, 1.82) is 0 Å². The van der Waals surface area contributed by atoms with Gasteiger partial charge in [-0.05, 0) is 32.6 Å². The van der Waals surface area contributed by atoms with Gasteiger partial charge in [0.2, 0.25) is 0 Å². The second-order valence-corrected chi connectivity index (χ2v) is 4.71. The Morgan fingerprint density at radius 3 is 2.47 bits per heavy atom. The third-order valence-electron chi connectivity index (χ3n) is 3.50. The second-order valence-electron chi connectivity index (χ2n) is 4.71. The lowest BCUT2D eigenvalue weighted by molar-refractivity contribution is 0.305. The molecule has 1 N–H and O–H groups in total. The van der Waals surface area contributed by atoms with Crippen LogP contribution in [0.3, 0.4) is 0 Å². The maximum Gasteiger partial charge on any atom is 0.159 e. The van der Waals surface area contributed by atoms with E-state index in [4.69, 9.17) is 0 Å². The van der Waals surface area contributed by atoms with Crippen molar-refractivity contribution < 1.29 is 5.11 Å². The molecule has 0 amide bonds. The summed E-state index contributed by atoms with van der Waals surface area (Å²) in [5.41, 5.74) is 1.67. The first-order valence-corrected chi connectivity index (χ1v) is 5.91. The standard InChI is InChI=1S/C12H20N2O/c1-9-12(15)10(2)14(13-9)8-11-6-4-3-5-7-11/h11,15H,3-8H2,1-2H3. The number of aromatic hydroxyl groups is 1. The Bertz CT molecular complexity index is 338. The topological polar surface area (TPSA) is 38.0 Å². The Labute approximate surface area is 91.1 Å².